The van der Waals surface area contributed by atoms with Gasteiger partial charge in [0.25, 0.3) is 0 Å². The van der Waals surface area contributed by atoms with Crippen LogP contribution in [-0.2, 0) is 19.2 Å². The summed E-state index contributed by atoms with van der Waals surface area (Å²) in [6.07, 6.45) is -0.518. The van der Waals surface area contributed by atoms with E-state index in [1.165, 1.54) is 0 Å². The number of carbonyl (C=O) groups excluding carboxylic acids is 4. The molecule has 0 radical (unpaired) electrons. The van der Waals surface area contributed by atoms with Crippen LogP contribution in [0.1, 0.15) is 12.8 Å². The van der Waals surface area contributed by atoms with Crippen molar-refractivity contribution in [1.29, 1.82) is 0 Å². The van der Waals surface area contributed by atoms with Crippen molar-refractivity contribution in [3.63, 3.8) is 0 Å². The van der Waals surface area contributed by atoms with E-state index in [0.717, 1.165) is 0 Å². The molecule has 0 fully saturated rings. The van der Waals surface area contributed by atoms with Crippen molar-refractivity contribution in [2.24, 2.45) is 0 Å². The molecule has 0 saturated heterocycles. The van der Waals surface area contributed by atoms with Gasteiger partial charge < -0.3 is 0 Å². The molecule has 0 atom stereocenters. The topological polar surface area (TPSA) is 68.3 Å². The summed E-state index contributed by atoms with van der Waals surface area (Å²) < 4.78 is 0. The van der Waals surface area contributed by atoms with Crippen molar-refractivity contribution in [2.45, 2.75) is 12.8 Å². The van der Waals surface area contributed by atoms with Crippen LogP contribution in [-0.4, -0.2) is 33.8 Å². The summed E-state index contributed by atoms with van der Waals surface area (Å²) in [5.74, 6) is -0.963. The minimum absolute atomic E-state index is 0.140. The van der Waals surface area contributed by atoms with Gasteiger partial charge in [-0.3, -0.25) is 19.2 Å². The smallest absolute Gasteiger partial charge is 0.229 e. The Morgan fingerprint density at radius 3 is 1.00 bits per heavy atom. The molecule has 0 aromatic rings. The molecule has 0 N–H and O–H groups in total. The number of halogens is 4. The molecule has 0 aliphatic rings. The molecular weight excluding hydrogens is 302 g/mol. The largest absolute Gasteiger partial charge is 0.298 e. The molecule has 4 nitrogen and oxygen atoms in total. The van der Waals surface area contributed by atoms with Crippen LogP contribution in [0.25, 0.3) is 0 Å². The third-order valence-corrected chi connectivity index (χ3v) is 1.83. The van der Waals surface area contributed by atoms with E-state index in [1.54, 1.807) is 0 Å². The lowest BCUT2D eigenvalue weighted by atomic mass is 10.3. The molecule has 0 heterocycles. The normalized spacial score (nSPS) is 8.75. The number of Topliss-reactive ketones (excluding diaryl/α,β-unsaturated/α-hetero) is 2. The Labute approximate surface area is 112 Å². The predicted molar refractivity (Wildman–Crippen MR) is 62.4 cm³/mol. The Morgan fingerprint density at radius 1 is 0.688 bits per heavy atom. The molecule has 0 saturated carbocycles. The second-order valence-electron chi connectivity index (χ2n) is 2.41. The Morgan fingerprint density at radius 2 is 0.938 bits per heavy atom. The van der Waals surface area contributed by atoms with Crippen LogP contribution in [0.5, 0.6) is 0 Å². The summed E-state index contributed by atoms with van der Waals surface area (Å²) in [4.78, 5) is 40.2. The summed E-state index contributed by atoms with van der Waals surface area (Å²) in [6, 6.07) is 0. The summed E-state index contributed by atoms with van der Waals surface area (Å²) >= 11 is 19.7. The molecule has 0 unspecified atom stereocenters. The SMILES string of the molecule is O=C(Cl)CC(=O)CCl.O=C(Cl)CC(=O)CCl. The van der Waals surface area contributed by atoms with E-state index in [9.17, 15) is 19.2 Å². The maximum Gasteiger partial charge on any atom is 0.229 e. The monoisotopic (exact) mass is 308 g/mol. The lowest BCUT2D eigenvalue weighted by Gasteiger charge is -1.84. The lowest BCUT2D eigenvalue weighted by Crippen LogP contribution is -2.02. The highest BCUT2D eigenvalue weighted by molar-refractivity contribution is 6.65. The molecular formula is C8H8Cl4O4. The second kappa shape index (κ2) is 11.3. The van der Waals surface area contributed by atoms with Crippen LogP contribution in [0.2, 0.25) is 0 Å². The van der Waals surface area contributed by atoms with Crippen LogP contribution < -0.4 is 0 Å². The van der Waals surface area contributed by atoms with E-state index in [4.69, 9.17) is 46.4 Å². The first-order valence-corrected chi connectivity index (χ1v) is 5.68. The minimum Gasteiger partial charge on any atom is -0.298 e. The molecule has 0 amide bonds. The van der Waals surface area contributed by atoms with E-state index in [0.29, 0.717) is 0 Å². The van der Waals surface area contributed by atoms with Crippen LogP contribution in [0.4, 0.5) is 0 Å². The molecule has 0 aromatic heterocycles. The highest BCUT2D eigenvalue weighted by Gasteiger charge is 2.03. The summed E-state index contributed by atoms with van der Waals surface area (Å²) in [7, 11) is 0. The predicted octanol–water partition coefficient (Wildman–Crippen LogP) is 1.90. The van der Waals surface area contributed by atoms with Crippen molar-refractivity contribution >= 4 is 68.5 Å². The first-order valence-electron chi connectivity index (χ1n) is 3.85. The molecule has 92 valence electrons. The first kappa shape index (κ1) is 18.2. The average Bonchev–Trinajstić information content (AvgIpc) is 2.16. The van der Waals surface area contributed by atoms with Gasteiger partial charge in [-0.2, -0.15) is 0 Å². The van der Waals surface area contributed by atoms with Gasteiger partial charge in [0.2, 0.25) is 10.5 Å². The van der Waals surface area contributed by atoms with Crippen molar-refractivity contribution in [2.75, 3.05) is 11.8 Å². The fraction of sp³-hybridized carbons (Fsp3) is 0.500. The van der Waals surface area contributed by atoms with Gasteiger partial charge >= 0.3 is 0 Å². The van der Waals surface area contributed by atoms with Crippen LogP contribution in [0.3, 0.4) is 0 Å². The molecule has 0 spiro atoms. The molecule has 8 heteroatoms. The van der Waals surface area contributed by atoms with Gasteiger partial charge in [-0.1, -0.05) is 0 Å². The van der Waals surface area contributed by atoms with Gasteiger partial charge in [-0.15, -0.1) is 23.2 Å². The van der Waals surface area contributed by atoms with Gasteiger partial charge in [0.15, 0.2) is 11.6 Å². The number of rotatable bonds is 6. The van der Waals surface area contributed by atoms with Crippen LogP contribution in [0.15, 0.2) is 0 Å². The highest BCUT2D eigenvalue weighted by atomic mass is 35.5. The zero-order valence-electron chi connectivity index (χ0n) is 7.97. The van der Waals surface area contributed by atoms with Crippen molar-refractivity contribution in [1.82, 2.24) is 0 Å². The van der Waals surface area contributed by atoms with E-state index in [2.05, 4.69) is 0 Å². The van der Waals surface area contributed by atoms with Crippen molar-refractivity contribution in [3.05, 3.63) is 0 Å². The number of hydrogen-bond donors (Lipinski definition) is 0. The average molecular weight is 310 g/mol. The Kier molecular flexibility index (Phi) is 12.9. The maximum absolute atomic E-state index is 10.2. The third kappa shape index (κ3) is 16.3. The van der Waals surface area contributed by atoms with Gasteiger partial charge in [0, 0.05) is 0 Å². The number of alkyl halides is 2. The summed E-state index contributed by atoms with van der Waals surface area (Å²) in [5, 5.41) is -1.31. The molecule has 0 bridgehead atoms. The van der Waals surface area contributed by atoms with Gasteiger partial charge in [-0.25, -0.2) is 0 Å². The Hall–Kier alpha value is -0.160. The summed E-state index contributed by atoms with van der Waals surface area (Å²) in [6.45, 7) is 0. The Balaban J connectivity index is 0. The van der Waals surface area contributed by atoms with Crippen LogP contribution in [0, 0.1) is 0 Å². The van der Waals surface area contributed by atoms with Gasteiger partial charge in [0.1, 0.15) is 0 Å². The fourth-order valence-corrected chi connectivity index (χ4v) is 0.892. The summed E-state index contributed by atoms with van der Waals surface area (Å²) in [5.41, 5.74) is 0. The third-order valence-electron chi connectivity index (χ3n) is 0.970. The molecule has 0 rings (SSSR count). The molecule has 0 aliphatic heterocycles. The standard InChI is InChI=1S/2C4H4Cl2O2/c2*5-2-3(7)1-4(6)8/h2*1-2H2. The second-order valence-corrected chi connectivity index (χ2v) is 3.79. The maximum atomic E-state index is 10.2. The van der Waals surface area contributed by atoms with E-state index in [1.807, 2.05) is 0 Å². The number of hydrogen-bond acceptors (Lipinski definition) is 4. The lowest BCUT2D eigenvalue weighted by molar-refractivity contribution is -0.123. The Bertz CT molecular complexity index is 249. The van der Waals surface area contributed by atoms with E-state index < -0.39 is 10.5 Å². The van der Waals surface area contributed by atoms with Gasteiger partial charge in [-0.05, 0) is 23.2 Å². The van der Waals surface area contributed by atoms with Gasteiger partial charge in [0.05, 0.1) is 24.6 Å². The van der Waals surface area contributed by atoms with E-state index >= 15 is 0 Å². The fourth-order valence-electron chi connectivity index (χ4n) is 0.405. The quantitative estimate of drug-likeness (QED) is 0.427. The molecule has 0 aromatic carbocycles. The molecule has 0 aliphatic carbocycles. The highest BCUT2D eigenvalue weighted by Crippen LogP contribution is 1.91. The van der Waals surface area contributed by atoms with E-state index in [-0.39, 0.29) is 36.2 Å². The van der Waals surface area contributed by atoms with Crippen molar-refractivity contribution in [3.8, 4) is 0 Å². The zero-order valence-corrected chi connectivity index (χ0v) is 11.0. The van der Waals surface area contributed by atoms with Crippen molar-refractivity contribution < 1.29 is 19.2 Å². The minimum atomic E-state index is -0.657. The number of ketones is 2. The van der Waals surface area contributed by atoms with Crippen LogP contribution >= 0.6 is 46.4 Å². The zero-order chi connectivity index (χ0) is 13.1. The first-order chi connectivity index (χ1) is 7.33. The molecule has 16 heavy (non-hydrogen) atoms. The number of carbonyl (C=O) groups is 4.